The van der Waals surface area contributed by atoms with E-state index in [9.17, 15) is 9.90 Å². The van der Waals surface area contributed by atoms with Gasteiger partial charge < -0.3 is 5.11 Å². The van der Waals surface area contributed by atoms with Crippen LogP contribution in [0.3, 0.4) is 0 Å². The minimum Gasteiger partial charge on any atom is -0.481 e. The first-order valence-corrected chi connectivity index (χ1v) is 6.77. The fourth-order valence-corrected chi connectivity index (χ4v) is 2.58. The van der Waals surface area contributed by atoms with Crippen LogP contribution in [0, 0.1) is 5.41 Å². The van der Waals surface area contributed by atoms with Gasteiger partial charge in [-0.1, -0.05) is 42.5 Å². The third-order valence-electron chi connectivity index (χ3n) is 3.77. The Hall–Kier alpha value is -1.61. The van der Waals surface area contributed by atoms with E-state index in [2.05, 4.69) is 29.2 Å². The third-order valence-corrected chi connectivity index (χ3v) is 3.77. The number of hydrogen-bond acceptors (Lipinski definition) is 2. The molecule has 1 aliphatic heterocycles. The molecule has 19 heavy (non-hydrogen) atoms. The van der Waals surface area contributed by atoms with Crippen molar-refractivity contribution in [3.63, 3.8) is 0 Å². The molecule has 1 aromatic carbocycles. The number of hydrogen-bond donors (Lipinski definition) is 1. The van der Waals surface area contributed by atoms with Crippen molar-refractivity contribution in [1.82, 2.24) is 4.90 Å². The summed E-state index contributed by atoms with van der Waals surface area (Å²) in [6.45, 7) is 4.30. The van der Waals surface area contributed by atoms with Gasteiger partial charge in [-0.25, -0.2) is 0 Å². The zero-order chi connectivity index (χ0) is 13.7. The van der Waals surface area contributed by atoms with Gasteiger partial charge in [0.2, 0.25) is 0 Å². The average Bonchev–Trinajstić information content (AvgIpc) is 2.40. The summed E-state index contributed by atoms with van der Waals surface area (Å²) in [6, 6.07) is 10.2. The second-order valence-electron chi connectivity index (χ2n) is 5.52. The van der Waals surface area contributed by atoms with E-state index in [0.717, 1.165) is 25.9 Å². The molecule has 0 radical (unpaired) electrons. The standard InChI is InChI=1S/C16H21NO2/c1-16(15(18)19)10-6-12-17(13-16)11-5-9-14-7-3-2-4-8-14/h2-5,7-9H,6,10-13H2,1H3,(H,18,19). The van der Waals surface area contributed by atoms with E-state index in [0.29, 0.717) is 6.54 Å². The zero-order valence-electron chi connectivity index (χ0n) is 11.4. The van der Waals surface area contributed by atoms with Crippen molar-refractivity contribution < 1.29 is 9.90 Å². The molecule has 0 amide bonds. The minimum absolute atomic E-state index is 0.584. The van der Waals surface area contributed by atoms with Crippen LogP contribution in [0.5, 0.6) is 0 Å². The Bertz CT molecular complexity index is 455. The number of benzene rings is 1. The van der Waals surface area contributed by atoms with E-state index < -0.39 is 11.4 Å². The van der Waals surface area contributed by atoms with E-state index in [4.69, 9.17) is 0 Å². The maximum absolute atomic E-state index is 11.3. The molecular weight excluding hydrogens is 238 g/mol. The maximum Gasteiger partial charge on any atom is 0.310 e. The van der Waals surface area contributed by atoms with Crippen LogP contribution in [0.4, 0.5) is 0 Å². The monoisotopic (exact) mass is 259 g/mol. The lowest BCUT2D eigenvalue weighted by Gasteiger charge is -2.36. The Morgan fingerprint density at radius 1 is 1.42 bits per heavy atom. The molecule has 1 atom stereocenters. The van der Waals surface area contributed by atoms with E-state index in [1.807, 2.05) is 25.1 Å². The number of aliphatic carboxylic acids is 1. The lowest BCUT2D eigenvalue weighted by Crippen LogP contribution is -2.45. The summed E-state index contributed by atoms with van der Waals surface area (Å²) in [5, 5.41) is 9.27. The minimum atomic E-state index is -0.677. The zero-order valence-corrected chi connectivity index (χ0v) is 11.4. The molecule has 0 spiro atoms. The molecule has 1 aliphatic rings. The third kappa shape index (κ3) is 3.67. The molecule has 1 fully saturated rings. The predicted molar refractivity (Wildman–Crippen MR) is 76.9 cm³/mol. The highest BCUT2D eigenvalue weighted by Crippen LogP contribution is 2.29. The highest BCUT2D eigenvalue weighted by Gasteiger charge is 2.37. The molecule has 1 unspecified atom stereocenters. The molecule has 0 aliphatic carbocycles. The number of likely N-dealkylation sites (tertiary alicyclic amines) is 1. The Morgan fingerprint density at radius 2 is 2.16 bits per heavy atom. The van der Waals surface area contributed by atoms with Gasteiger partial charge in [-0.3, -0.25) is 9.69 Å². The molecule has 3 heteroatoms. The van der Waals surface area contributed by atoms with Crippen LogP contribution in [0.25, 0.3) is 6.08 Å². The van der Waals surface area contributed by atoms with Crippen LogP contribution < -0.4 is 0 Å². The van der Waals surface area contributed by atoms with Crippen molar-refractivity contribution in [2.75, 3.05) is 19.6 Å². The predicted octanol–water partition coefficient (Wildman–Crippen LogP) is 2.89. The number of carboxylic acid groups (broad SMARTS) is 1. The highest BCUT2D eigenvalue weighted by atomic mass is 16.4. The molecule has 1 heterocycles. The van der Waals surface area contributed by atoms with E-state index in [1.165, 1.54) is 5.56 Å². The highest BCUT2D eigenvalue weighted by molar-refractivity contribution is 5.74. The number of nitrogens with zero attached hydrogens (tertiary/aromatic N) is 1. The summed E-state index contributed by atoms with van der Waals surface area (Å²) >= 11 is 0. The Labute approximate surface area is 114 Å². The Balaban J connectivity index is 1.90. The molecular formula is C16H21NO2. The summed E-state index contributed by atoms with van der Waals surface area (Å²) < 4.78 is 0. The van der Waals surface area contributed by atoms with Crippen molar-refractivity contribution in [2.24, 2.45) is 5.41 Å². The van der Waals surface area contributed by atoms with Gasteiger partial charge in [0.15, 0.2) is 0 Å². The largest absolute Gasteiger partial charge is 0.481 e. The first kappa shape index (κ1) is 13.8. The molecule has 0 aromatic heterocycles. The molecule has 2 rings (SSSR count). The molecule has 1 N–H and O–H groups in total. The van der Waals surface area contributed by atoms with Crippen molar-refractivity contribution in [3.05, 3.63) is 42.0 Å². The number of rotatable bonds is 4. The fraction of sp³-hybridized carbons (Fsp3) is 0.438. The normalized spacial score (nSPS) is 24.7. The summed E-state index contributed by atoms with van der Waals surface area (Å²) in [6.07, 6.45) is 5.94. The number of carboxylic acids is 1. The lowest BCUT2D eigenvalue weighted by atomic mass is 9.82. The van der Waals surface area contributed by atoms with Crippen LogP contribution in [-0.4, -0.2) is 35.6 Å². The van der Waals surface area contributed by atoms with E-state index in [-0.39, 0.29) is 0 Å². The van der Waals surface area contributed by atoms with Crippen LogP contribution >= 0.6 is 0 Å². The smallest absolute Gasteiger partial charge is 0.310 e. The summed E-state index contributed by atoms with van der Waals surface area (Å²) in [4.78, 5) is 13.5. The van der Waals surface area contributed by atoms with Crippen molar-refractivity contribution in [2.45, 2.75) is 19.8 Å². The van der Waals surface area contributed by atoms with Crippen LogP contribution in [0.1, 0.15) is 25.3 Å². The fourth-order valence-electron chi connectivity index (χ4n) is 2.58. The summed E-state index contributed by atoms with van der Waals surface area (Å²) in [7, 11) is 0. The molecule has 102 valence electrons. The van der Waals surface area contributed by atoms with Gasteiger partial charge >= 0.3 is 5.97 Å². The van der Waals surface area contributed by atoms with E-state index in [1.54, 1.807) is 0 Å². The van der Waals surface area contributed by atoms with Crippen molar-refractivity contribution >= 4 is 12.0 Å². The number of carbonyl (C=O) groups is 1. The first-order valence-electron chi connectivity index (χ1n) is 6.77. The quantitative estimate of drug-likeness (QED) is 0.904. The first-order chi connectivity index (χ1) is 9.10. The topological polar surface area (TPSA) is 40.5 Å². The van der Waals surface area contributed by atoms with Crippen LogP contribution in [0.2, 0.25) is 0 Å². The van der Waals surface area contributed by atoms with E-state index >= 15 is 0 Å². The second-order valence-corrected chi connectivity index (χ2v) is 5.52. The summed E-state index contributed by atoms with van der Waals surface area (Å²) in [5.74, 6) is -0.677. The van der Waals surface area contributed by atoms with Gasteiger partial charge in [0.25, 0.3) is 0 Å². The molecule has 0 saturated carbocycles. The molecule has 1 saturated heterocycles. The van der Waals surface area contributed by atoms with Crippen molar-refractivity contribution in [1.29, 1.82) is 0 Å². The van der Waals surface area contributed by atoms with Gasteiger partial charge in [0.05, 0.1) is 5.41 Å². The van der Waals surface area contributed by atoms with Crippen LogP contribution in [-0.2, 0) is 4.79 Å². The van der Waals surface area contributed by atoms with Gasteiger partial charge in [-0.15, -0.1) is 0 Å². The van der Waals surface area contributed by atoms with Crippen LogP contribution in [0.15, 0.2) is 36.4 Å². The molecule has 1 aromatic rings. The molecule has 0 bridgehead atoms. The second kappa shape index (κ2) is 6.02. The lowest BCUT2D eigenvalue weighted by molar-refractivity contribution is -0.151. The van der Waals surface area contributed by atoms with Crippen molar-refractivity contribution in [3.8, 4) is 0 Å². The number of piperidine rings is 1. The van der Waals surface area contributed by atoms with Gasteiger partial charge in [-0.05, 0) is 31.9 Å². The van der Waals surface area contributed by atoms with Gasteiger partial charge in [0, 0.05) is 13.1 Å². The SMILES string of the molecule is CC1(C(=O)O)CCCN(CC=Cc2ccccc2)C1. The summed E-state index contributed by atoms with van der Waals surface area (Å²) in [5.41, 5.74) is 0.597. The Kier molecular flexibility index (Phi) is 4.38. The maximum atomic E-state index is 11.3. The van der Waals surface area contributed by atoms with Gasteiger partial charge in [-0.2, -0.15) is 0 Å². The van der Waals surface area contributed by atoms with Gasteiger partial charge in [0.1, 0.15) is 0 Å². The molecule has 3 nitrogen and oxygen atoms in total. The Morgan fingerprint density at radius 3 is 2.84 bits per heavy atom. The average molecular weight is 259 g/mol.